The summed E-state index contributed by atoms with van der Waals surface area (Å²) in [6.45, 7) is 7.26. The van der Waals surface area contributed by atoms with Gasteiger partial charge < -0.3 is 10.1 Å². The third kappa shape index (κ3) is 5.21. The SMILES string of the molecule is CCCCOc1ccc(CNC(=O)C(C)C)cc1. The van der Waals surface area contributed by atoms with E-state index in [9.17, 15) is 4.79 Å². The molecule has 0 heterocycles. The van der Waals surface area contributed by atoms with Crippen molar-refractivity contribution < 1.29 is 9.53 Å². The standard InChI is InChI=1S/C15H23NO2/c1-4-5-10-18-14-8-6-13(7-9-14)11-16-15(17)12(2)3/h6-9,12H,4-5,10-11H2,1-3H3,(H,16,17). The molecule has 3 heteroatoms. The normalized spacial score (nSPS) is 10.4. The van der Waals surface area contributed by atoms with Crippen molar-refractivity contribution in [1.82, 2.24) is 5.32 Å². The van der Waals surface area contributed by atoms with Crippen molar-refractivity contribution >= 4 is 5.91 Å². The van der Waals surface area contributed by atoms with E-state index in [1.54, 1.807) is 0 Å². The molecule has 3 nitrogen and oxygen atoms in total. The third-order valence-electron chi connectivity index (χ3n) is 2.68. The highest BCUT2D eigenvalue weighted by molar-refractivity contribution is 5.77. The van der Waals surface area contributed by atoms with Crippen LogP contribution in [0, 0.1) is 5.92 Å². The average molecular weight is 249 g/mol. The number of hydrogen-bond acceptors (Lipinski definition) is 2. The second-order valence-electron chi connectivity index (χ2n) is 4.72. The van der Waals surface area contributed by atoms with E-state index in [2.05, 4.69) is 12.2 Å². The highest BCUT2D eigenvalue weighted by Crippen LogP contribution is 2.12. The van der Waals surface area contributed by atoms with Gasteiger partial charge in [-0.25, -0.2) is 0 Å². The van der Waals surface area contributed by atoms with Gasteiger partial charge in [-0.15, -0.1) is 0 Å². The van der Waals surface area contributed by atoms with Gasteiger partial charge in [0.25, 0.3) is 0 Å². The molecule has 1 aromatic rings. The van der Waals surface area contributed by atoms with E-state index in [1.807, 2.05) is 38.1 Å². The lowest BCUT2D eigenvalue weighted by Gasteiger charge is -2.09. The lowest BCUT2D eigenvalue weighted by atomic mass is 10.2. The van der Waals surface area contributed by atoms with Crippen molar-refractivity contribution in [2.24, 2.45) is 5.92 Å². The average Bonchev–Trinajstić information content (AvgIpc) is 2.37. The lowest BCUT2D eigenvalue weighted by Crippen LogP contribution is -2.27. The van der Waals surface area contributed by atoms with Crippen LogP contribution in [0.2, 0.25) is 0 Å². The third-order valence-corrected chi connectivity index (χ3v) is 2.68. The molecule has 0 aliphatic carbocycles. The molecule has 0 unspecified atom stereocenters. The molecule has 100 valence electrons. The van der Waals surface area contributed by atoms with E-state index < -0.39 is 0 Å². The van der Waals surface area contributed by atoms with Crippen LogP contribution in [0.3, 0.4) is 0 Å². The Kier molecular flexibility index (Phi) is 6.26. The zero-order valence-corrected chi connectivity index (χ0v) is 11.5. The number of carbonyl (C=O) groups excluding carboxylic acids is 1. The number of carbonyl (C=O) groups is 1. The summed E-state index contributed by atoms with van der Waals surface area (Å²) < 4.78 is 5.58. The summed E-state index contributed by atoms with van der Waals surface area (Å²) in [4.78, 5) is 11.4. The minimum absolute atomic E-state index is 0.0293. The van der Waals surface area contributed by atoms with Crippen LogP contribution in [0.25, 0.3) is 0 Å². The molecule has 0 aliphatic rings. The number of nitrogens with one attached hydrogen (secondary N) is 1. The largest absolute Gasteiger partial charge is 0.494 e. The predicted molar refractivity (Wildman–Crippen MR) is 73.5 cm³/mol. The van der Waals surface area contributed by atoms with Crippen LogP contribution in [0.1, 0.15) is 39.2 Å². The summed E-state index contributed by atoms with van der Waals surface area (Å²) in [7, 11) is 0. The number of benzene rings is 1. The minimum atomic E-state index is 0.0293. The second kappa shape index (κ2) is 7.75. The molecule has 1 amide bonds. The van der Waals surface area contributed by atoms with Crippen LogP contribution in [0.5, 0.6) is 5.75 Å². The van der Waals surface area contributed by atoms with E-state index in [1.165, 1.54) is 0 Å². The first kappa shape index (κ1) is 14.6. The van der Waals surface area contributed by atoms with Gasteiger partial charge in [0.05, 0.1) is 6.61 Å². The fourth-order valence-electron chi connectivity index (χ4n) is 1.43. The maximum Gasteiger partial charge on any atom is 0.222 e. The zero-order chi connectivity index (χ0) is 13.4. The van der Waals surface area contributed by atoms with E-state index in [4.69, 9.17) is 4.74 Å². The van der Waals surface area contributed by atoms with Crippen molar-refractivity contribution in [3.8, 4) is 5.75 Å². The molecule has 0 aromatic heterocycles. The molecule has 0 aliphatic heterocycles. The van der Waals surface area contributed by atoms with Gasteiger partial charge in [0, 0.05) is 12.5 Å². The second-order valence-corrected chi connectivity index (χ2v) is 4.72. The smallest absolute Gasteiger partial charge is 0.222 e. The van der Waals surface area contributed by atoms with Gasteiger partial charge in [-0.3, -0.25) is 4.79 Å². The minimum Gasteiger partial charge on any atom is -0.494 e. The van der Waals surface area contributed by atoms with E-state index in [0.717, 1.165) is 30.8 Å². The molecular formula is C15H23NO2. The Balaban J connectivity index is 2.38. The molecule has 0 radical (unpaired) electrons. The summed E-state index contributed by atoms with van der Waals surface area (Å²) in [6.07, 6.45) is 2.21. The fourth-order valence-corrected chi connectivity index (χ4v) is 1.43. The van der Waals surface area contributed by atoms with Crippen molar-refractivity contribution in [1.29, 1.82) is 0 Å². The lowest BCUT2D eigenvalue weighted by molar-refractivity contribution is -0.124. The number of rotatable bonds is 7. The summed E-state index contributed by atoms with van der Waals surface area (Å²) in [6, 6.07) is 7.88. The fraction of sp³-hybridized carbons (Fsp3) is 0.533. The Labute approximate surface area is 110 Å². The molecule has 0 fully saturated rings. The molecule has 0 bridgehead atoms. The van der Waals surface area contributed by atoms with Gasteiger partial charge in [-0.05, 0) is 24.1 Å². The quantitative estimate of drug-likeness (QED) is 0.754. The summed E-state index contributed by atoms with van der Waals surface area (Å²) in [5.41, 5.74) is 1.09. The molecule has 18 heavy (non-hydrogen) atoms. The van der Waals surface area contributed by atoms with Gasteiger partial charge in [0.1, 0.15) is 5.75 Å². The highest BCUT2D eigenvalue weighted by Gasteiger charge is 2.05. The molecule has 0 saturated heterocycles. The number of hydrogen-bond donors (Lipinski definition) is 1. The van der Waals surface area contributed by atoms with Crippen LogP contribution in [0.4, 0.5) is 0 Å². The molecule has 0 spiro atoms. The van der Waals surface area contributed by atoms with Crippen molar-refractivity contribution in [2.45, 2.75) is 40.2 Å². The molecule has 0 saturated carbocycles. The molecule has 0 atom stereocenters. The summed E-state index contributed by atoms with van der Waals surface area (Å²) >= 11 is 0. The first-order valence-corrected chi connectivity index (χ1v) is 6.63. The zero-order valence-electron chi connectivity index (χ0n) is 11.5. The van der Waals surface area contributed by atoms with Crippen LogP contribution >= 0.6 is 0 Å². The van der Waals surface area contributed by atoms with Crippen molar-refractivity contribution in [2.75, 3.05) is 6.61 Å². The molecule has 1 N–H and O–H groups in total. The number of amides is 1. The van der Waals surface area contributed by atoms with Gasteiger partial charge >= 0.3 is 0 Å². The van der Waals surface area contributed by atoms with Gasteiger partial charge in [0.2, 0.25) is 5.91 Å². The molecular weight excluding hydrogens is 226 g/mol. The van der Waals surface area contributed by atoms with Crippen LogP contribution < -0.4 is 10.1 Å². The maximum absolute atomic E-state index is 11.4. The Hall–Kier alpha value is -1.51. The topological polar surface area (TPSA) is 38.3 Å². The summed E-state index contributed by atoms with van der Waals surface area (Å²) in [5.74, 6) is 1.00. The van der Waals surface area contributed by atoms with E-state index in [0.29, 0.717) is 6.54 Å². The van der Waals surface area contributed by atoms with E-state index >= 15 is 0 Å². The predicted octanol–water partition coefficient (Wildman–Crippen LogP) is 3.14. The summed E-state index contributed by atoms with van der Waals surface area (Å²) in [5, 5.41) is 2.89. The first-order valence-electron chi connectivity index (χ1n) is 6.63. The van der Waals surface area contributed by atoms with Crippen LogP contribution in [-0.2, 0) is 11.3 Å². The Morgan fingerprint density at radius 2 is 1.94 bits per heavy atom. The molecule has 1 aromatic carbocycles. The van der Waals surface area contributed by atoms with Crippen LogP contribution in [-0.4, -0.2) is 12.5 Å². The maximum atomic E-state index is 11.4. The Morgan fingerprint density at radius 3 is 2.50 bits per heavy atom. The van der Waals surface area contributed by atoms with Crippen molar-refractivity contribution in [3.63, 3.8) is 0 Å². The van der Waals surface area contributed by atoms with E-state index in [-0.39, 0.29) is 11.8 Å². The Bertz CT molecular complexity index is 357. The van der Waals surface area contributed by atoms with Gasteiger partial charge in [-0.1, -0.05) is 39.3 Å². The Morgan fingerprint density at radius 1 is 1.28 bits per heavy atom. The van der Waals surface area contributed by atoms with Crippen LogP contribution in [0.15, 0.2) is 24.3 Å². The number of ether oxygens (including phenoxy) is 1. The first-order chi connectivity index (χ1) is 8.63. The monoisotopic (exact) mass is 249 g/mol. The molecule has 1 rings (SSSR count). The van der Waals surface area contributed by atoms with Gasteiger partial charge in [0.15, 0.2) is 0 Å². The number of unbranched alkanes of at least 4 members (excludes halogenated alkanes) is 1. The van der Waals surface area contributed by atoms with Crippen molar-refractivity contribution in [3.05, 3.63) is 29.8 Å². The highest BCUT2D eigenvalue weighted by atomic mass is 16.5. The van der Waals surface area contributed by atoms with Gasteiger partial charge in [-0.2, -0.15) is 0 Å².